The molecule has 0 amide bonds. The van der Waals surface area contributed by atoms with Crippen LogP contribution in [0.5, 0.6) is 0 Å². The number of hydrogen-bond donors (Lipinski definition) is 1. The molecule has 2 rings (SSSR count). The molecule has 2 aromatic carbocycles. The summed E-state index contributed by atoms with van der Waals surface area (Å²) >= 11 is 1.61. The number of hydrogen-bond acceptors (Lipinski definition) is 2. The molecule has 0 aliphatic carbocycles. The zero-order chi connectivity index (χ0) is 13.1. The highest BCUT2D eigenvalue weighted by atomic mass is 32.2. The van der Waals surface area contributed by atoms with Crippen LogP contribution < -0.4 is 5.73 Å². The first-order valence-electron chi connectivity index (χ1n) is 5.46. The first kappa shape index (κ1) is 13.1. The van der Waals surface area contributed by atoms with Crippen LogP contribution >= 0.6 is 11.8 Å². The first-order chi connectivity index (χ1) is 8.61. The Hall–Kier alpha value is -1.39. The van der Waals surface area contributed by atoms with Crippen LogP contribution in [0.25, 0.3) is 0 Å². The van der Waals surface area contributed by atoms with Gasteiger partial charge in [-0.2, -0.15) is 0 Å². The summed E-state index contributed by atoms with van der Waals surface area (Å²) in [6.07, 6.45) is 1.97. The molecular weight excluding hydrogens is 252 g/mol. The molecule has 0 saturated carbocycles. The Morgan fingerprint density at radius 3 is 2.39 bits per heavy atom. The lowest BCUT2D eigenvalue weighted by molar-refractivity contribution is 0.506. The highest BCUT2D eigenvalue weighted by molar-refractivity contribution is 7.98. The second kappa shape index (κ2) is 5.50. The van der Waals surface area contributed by atoms with Crippen LogP contribution in [0.15, 0.2) is 47.4 Å². The minimum absolute atomic E-state index is 0.452. The fourth-order valence-electron chi connectivity index (χ4n) is 1.73. The van der Waals surface area contributed by atoms with Gasteiger partial charge in [-0.05, 0) is 41.6 Å². The number of halogens is 2. The van der Waals surface area contributed by atoms with E-state index in [4.69, 9.17) is 5.73 Å². The van der Waals surface area contributed by atoms with Gasteiger partial charge in [-0.1, -0.05) is 18.2 Å². The molecule has 0 unspecified atom stereocenters. The summed E-state index contributed by atoms with van der Waals surface area (Å²) in [5.41, 5.74) is 7.50. The Labute approximate surface area is 109 Å². The van der Waals surface area contributed by atoms with E-state index in [0.717, 1.165) is 22.6 Å². The smallest absolute Gasteiger partial charge is 0.159 e. The molecule has 1 atom stereocenters. The van der Waals surface area contributed by atoms with Crippen molar-refractivity contribution in [2.24, 2.45) is 5.73 Å². The number of benzene rings is 2. The SMILES string of the molecule is CSc1cccc([C@@H](N)c2ccc(F)c(F)c2)c1. The van der Waals surface area contributed by atoms with Crippen molar-refractivity contribution in [2.75, 3.05) is 6.26 Å². The van der Waals surface area contributed by atoms with Gasteiger partial charge in [0.1, 0.15) is 0 Å². The van der Waals surface area contributed by atoms with E-state index in [-0.39, 0.29) is 0 Å². The van der Waals surface area contributed by atoms with Crippen molar-refractivity contribution in [3.8, 4) is 0 Å². The molecule has 18 heavy (non-hydrogen) atoms. The van der Waals surface area contributed by atoms with E-state index in [1.165, 1.54) is 6.07 Å². The monoisotopic (exact) mass is 265 g/mol. The lowest BCUT2D eigenvalue weighted by Crippen LogP contribution is -2.12. The lowest BCUT2D eigenvalue weighted by atomic mass is 9.99. The summed E-state index contributed by atoms with van der Waals surface area (Å²) in [6.45, 7) is 0. The molecule has 4 heteroatoms. The molecule has 0 saturated heterocycles. The van der Waals surface area contributed by atoms with Crippen molar-refractivity contribution >= 4 is 11.8 Å². The van der Waals surface area contributed by atoms with Gasteiger partial charge in [-0.15, -0.1) is 11.8 Å². The fourth-order valence-corrected chi connectivity index (χ4v) is 2.20. The molecule has 0 aliphatic rings. The van der Waals surface area contributed by atoms with Crippen molar-refractivity contribution in [2.45, 2.75) is 10.9 Å². The van der Waals surface area contributed by atoms with Crippen molar-refractivity contribution in [3.05, 3.63) is 65.2 Å². The molecule has 0 aromatic heterocycles. The third-order valence-electron chi connectivity index (χ3n) is 2.76. The Morgan fingerprint density at radius 2 is 1.72 bits per heavy atom. The van der Waals surface area contributed by atoms with Gasteiger partial charge < -0.3 is 5.73 Å². The van der Waals surface area contributed by atoms with E-state index < -0.39 is 17.7 Å². The average Bonchev–Trinajstić information content (AvgIpc) is 2.41. The van der Waals surface area contributed by atoms with E-state index in [1.807, 2.05) is 30.5 Å². The molecule has 0 spiro atoms. The van der Waals surface area contributed by atoms with Gasteiger partial charge in [-0.3, -0.25) is 0 Å². The fraction of sp³-hybridized carbons (Fsp3) is 0.143. The van der Waals surface area contributed by atoms with E-state index in [9.17, 15) is 8.78 Å². The number of rotatable bonds is 3. The van der Waals surface area contributed by atoms with Crippen molar-refractivity contribution in [1.29, 1.82) is 0 Å². The maximum atomic E-state index is 13.2. The minimum atomic E-state index is -0.871. The zero-order valence-corrected chi connectivity index (χ0v) is 10.7. The Bertz CT molecular complexity index is 557. The second-order valence-electron chi connectivity index (χ2n) is 3.93. The standard InChI is InChI=1S/C14H13F2NS/c1-18-11-4-2-3-9(7-11)14(17)10-5-6-12(15)13(16)8-10/h2-8,14H,17H2,1H3/t14-/m1/s1. The van der Waals surface area contributed by atoms with Gasteiger partial charge in [0.05, 0.1) is 6.04 Å². The van der Waals surface area contributed by atoms with Crippen LogP contribution in [-0.4, -0.2) is 6.26 Å². The normalized spacial score (nSPS) is 12.4. The lowest BCUT2D eigenvalue weighted by Gasteiger charge is -2.13. The third kappa shape index (κ3) is 2.71. The predicted octanol–water partition coefficient (Wildman–Crippen LogP) is 3.73. The van der Waals surface area contributed by atoms with Crippen LogP contribution in [0.4, 0.5) is 8.78 Å². The molecule has 2 aromatic rings. The Morgan fingerprint density at radius 1 is 1.00 bits per heavy atom. The largest absolute Gasteiger partial charge is 0.320 e. The van der Waals surface area contributed by atoms with Crippen molar-refractivity contribution in [3.63, 3.8) is 0 Å². The third-order valence-corrected chi connectivity index (χ3v) is 3.48. The van der Waals surface area contributed by atoms with Crippen LogP contribution in [0.2, 0.25) is 0 Å². The van der Waals surface area contributed by atoms with Gasteiger partial charge in [0.15, 0.2) is 11.6 Å². The summed E-state index contributed by atoms with van der Waals surface area (Å²) in [7, 11) is 0. The number of thioether (sulfide) groups is 1. The van der Waals surface area contributed by atoms with Gasteiger partial charge in [-0.25, -0.2) is 8.78 Å². The van der Waals surface area contributed by atoms with Crippen molar-refractivity contribution < 1.29 is 8.78 Å². The van der Waals surface area contributed by atoms with Crippen molar-refractivity contribution in [1.82, 2.24) is 0 Å². The maximum Gasteiger partial charge on any atom is 0.159 e. The molecule has 0 heterocycles. The first-order valence-corrected chi connectivity index (χ1v) is 6.69. The second-order valence-corrected chi connectivity index (χ2v) is 4.81. The van der Waals surface area contributed by atoms with E-state index in [1.54, 1.807) is 11.8 Å². The summed E-state index contributed by atoms with van der Waals surface area (Å²) in [5, 5.41) is 0. The zero-order valence-electron chi connectivity index (χ0n) is 9.86. The molecular formula is C14H13F2NS. The quantitative estimate of drug-likeness (QED) is 0.856. The predicted molar refractivity (Wildman–Crippen MR) is 70.6 cm³/mol. The molecule has 0 radical (unpaired) electrons. The van der Waals surface area contributed by atoms with Gasteiger partial charge in [0, 0.05) is 4.90 Å². The summed E-state index contributed by atoms with van der Waals surface area (Å²) < 4.78 is 26.0. The molecule has 2 N–H and O–H groups in total. The summed E-state index contributed by atoms with van der Waals surface area (Å²) in [5.74, 6) is -1.73. The van der Waals surface area contributed by atoms with E-state index >= 15 is 0 Å². The molecule has 1 nitrogen and oxygen atoms in total. The Balaban J connectivity index is 2.34. The number of nitrogens with two attached hydrogens (primary N) is 1. The molecule has 0 aliphatic heterocycles. The highest BCUT2D eigenvalue weighted by Crippen LogP contribution is 2.24. The minimum Gasteiger partial charge on any atom is -0.320 e. The van der Waals surface area contributed by atoms with Crippen LogP contribution in [0, 0.1) is 11.6 Å². The molecule has 0 bridgehead atoms. The van der Waals surface area contributed by atoms with E-state index in [0.29, 0.717) is 5.56 Å². The molecule has 94 valence electrons. The van der Waals surface area contributed by atoms with Crippen LogP contribution in [0.1, 0.15) is 17.2 Å². The van der Waals surface area contributed by atoms with Gasteiger partial charge in [0.2, 0.25) is 0 Å². The van der Waals surface area contributed by atoms with Crippen LogP contribution in [-0.2, 0) is 0 Å². The topological polar surface area (TPSA) is 26.0 Å². The van der Waals surface area contributed by atoms with Gasteiger partial charge >= 0.3 is 0 Å². The Kier molecular flexibility index (Phi) is 3.99. The summed E-state index contributed by atoms with van der Waals surface area (Å²) in [6, 6.07) is 11.0. The maximum absolute atomic E-state index is 13.2. The highest BCUT2D eigenvalue weighted by Gasteiger charge is 2.12. The average molecular weight is 265 g/mol. The molecule has 0 fully saturated rings. The van der Waals surface area contributed by atoms with Gasteiger partial charge in [0.25, 0.3) is 0 Å². The summed E-state index contributed by atoms with van der Waals surface area (Å²) in [4.78, 5) is 1.09. The van der Waals surface area contributed by atoms with E-state index in [2.05, 4.69) is 0 Å². The van der Waals surface area contributed by atoms with Crippen LogP contribution in [0.3, 0.4) is 0 Å².